The number of aryl methyl sites for hydroxylation is 3. The van der Waals surface area contributed by atoms with Gasteiger partial charge in [-0.3, -0.25) is 0 Å². The zero-order chi connectivity index (χ0) is 19.4. The summed E-state index contributed by atoms with van der Waals surface area (Å²) in [4.78, 5) is 1.05. The smallest absolute Gasteiger partial charge is 0.250 e. The van der Waals surface area contributed by atoms with Gasteiger partial charge in [0.15, 0.2) is 5.82 Å². The molecule has 0 unspecified atom stereocenters. The maximum Gasteiger partial charge on any atom is 0.250 e. The van der Waals surface area contributed by atoms with Crippen molar-refractivity contribution < 1.29 is 8.42 Å². The van der Waals surface area contributed by atoms with E-state index in [-0.39, 0.29) is 6.54 Å². The van der Waals surface area contributed by atoms with E-state index in [9.17, 15) is 8.42 Å². The molecule has 0 amide bonds. The third kappa shape index (κ3) is 4.71. The van der Waals surface area contributed by atoms with Gasteiger partial charge in [-0.05, 0) is 50.6 Å². The molecule has 0 aromatic carbocycles. The Morgan fingerprint density at radius 1 is 1.11 bits per heavy atom. The van der Waals surface area contributed by atoms with Crippen molar-refractivity contribution in [1.29, 1.82) is 0 Å². The maximum atomic E-state index is 12.2. The van der Waals surface area contributed by atoms with Crippen molar-refractivity contribution in [3.63, 3.8) is 0 Å². The highest BCUT2D eigenvalue weighted by atomic mass is 32.2. The standard InChI is InChI=1S/C17H22N6O2S2/c1-4-14-5-8-17(26-14)27(24,25)19-10-9-18-15-6-7-16(21-20-15)23-13(3)11-12(2)22-23/h5-8,11,19H,4,9-10H2,1-3H3,(H,18,20). The molecule has 144 valence electrons. The average molecular weight is 407 g/mol. The third-order valence-corrected chi connectivity index (χ3v) is 7.03. The van der Waals surface area contributed by atoms with Gasteiger partial charge in [0, 0.05) is 23.7 Å². The zero-order valence-corrected chi connectivity index (χ0v) is 17.1. The molecule has 0 atom stereocenters. The summed E-state index contributed by atoms with van der Waals surface area (Å²) in [5.74, 6) is 1.21. The molecule has 0 saturated heterocycles. The molecular weight excluding hydrogens is 384 g/mol. The number of hydrogen-bond acceptors (Lipinski definition) is 7. The molecule has 8 nitrogen and oxygen atoms in total. The predicted octanol–water partition coefficient (Wildman–Crippen LogP) is 2.29. The number of aromatic nitrogens is 4. The quantitative estimate of drug-likeness (QED) is 0.557. The summed E-state index contributed by atoms with van der Waals surface area (Å²) in [6.07, 6.45) is 0.827. The Labute approximate surface area is 162 Å². The molecule has 0 spiro atoms. The summed E-state index contributed by atoms with van der Waals surface area (Å²) in [5.41, 5.74) is 1.90. The summed E-state index contributed by atoms with van der Waals surface area (Å²) >= 11 is 1.30. The monoisotopic (exact) mass is 406 g/mol. The van der Waals surface area contributed by atoms with E-state index in [0.29, 0.717) is 22.4 Å². The number of hydrogen-bond donors (Lipinski definition) is 2. The third-order valence-electron chi connectivity index (χ3n) is 3.85. The lowest BCUT2D eigenvalue weighted by atomic mass is 10.4. The van der Waals surface area contributed by atoms with E-state index in [4.69, 9.17) is 0 Å². The zero-order valence-electron chi connectivity index (χ0n) is 15.4. The van der Waals surface area contributed by atoms with Gasteiger partial charge in [-0.15, -0.1) is 21.5 Å². The molecule has 3 rings (SSSR count). The van der Waals surface area contributed by atoms with Crippen LogP contribution >= 0.6 is 11.3 Å². The lowest BCUT2D eigenvalue weighted by molar-refractivity contribution is 0.585. The molecule has 3 heterocycles. The van der Waals surface area contributed by atoms with Gasteiger partial charge in [0.05, 0.1) is 5.69 Å². The predicted molar refractivity (Wildman–Crippen MR) is 106 cm³/mol. The fourth-order valence-electron chi connectivity index (χ4n) is 2.53. The van der Waals surface area contributed by atoms with Crippen LogP contribution in [0.25, 0.3) is 5.82 Å². The van der Waals surface area contributed by atoms with E-state index >= 15 is 0 Å². The minimum Gasteiger partial charge on any atom is -0.367 e. The Bertz CT molecular complexity index is 1010. The van der Waals surface area contributed by atoms with Crippen LogP contribution in [0.5, 0.6) is 0 Å². The van der Waals surface area contributed by atoms with Gasteiger partial charge in [-0.2, -0.15) is 5.10 Å². The van der Waals surface area contributed by atoms with Crippen molar-refractivity contribution in [1.82, 2.24) is 24.7 Å². The summed E-state index contributed by atoms with van der Waals surface area (Å²) in [7, 11) is -3.47. The van der Waals surface area contributed by atoms with E-state index in [1.54, 1.807) is 16.8 Å². The Hall–Kier alpha value is -2.30. The minimum atomic E-state index is -3.47. The first-order chi connectivity index (χ1) is 12.9. The van der Waals surface area contributed by atoms with E-state index in [2.05, 4.69) is 25.3 Å². The van der Waals surface area contributed by atoms with Gasteiger partial charge in [-0.1, -0.05) is 6.92 Å². The average Bonchev–Trinajstić information content (AvgIpc) is 3.26. The lowest BCUT2D eigenvalue weighted by Crippen LogP contribution is -2.28. The molecule has 0 aliphatic carbocycles. The Morgan fingerprint density at radius 2 is 1.93 bits per heavy atom. The highest BCUT2D eigenvalue weighted by Crippen LogP contribution is 2.21. The molecule has 0 fully saturated rings. The SMILES string of the molecule is CCc1ccc(S(=O)(=O)NCCNc2ccc(-n3nc(C)cc3C)nn2)s1. The minimum absolute atomic E-state index is 0.253. The lowest BCUT2D eigenvalue weighted by Gasteiger charge is -2.08. The van der Waals surface area contributed by atoms with Crippen LogP contribution in [0.2, 0.25) is 0 Å². The van der Waals surface area contributed by atoms with Crippen molar-refractivity contribution in [3.05, 3.63) is 46.6 Å². The number of sulfonamides is 1. The number of thiophene rings is 1. The molecule has 0 saturated carbocycles. The molecule has 27 heavy (non-hydrogen) atoms. The molecular formula is C17H22N6O2S2. The number of nitrogens with one attached hydrogen (secondary N) is 2. The highest BCUT2D eigenvalue weighted by Gasteiger charge is 2.15. The number of anilines is 1. The van der Waals surface area contributed by atoms with Crippen LogP contribution in [0.4, 0.5) is 5.82 Å². The van der Waals surface area contributed by atoms with E-state index < -0.39 is 10.0 Å². The molecule has 2 N–H and O–H groups in total. The van der Waals surface area contributed by atoms with E-state index in [1.807, 2.05) is 39.0 Å². The Morgan fingerprint density at radius 3 is 2.52 bits per heavy atom. The normalized spacial score (nSPS) is 11.7. The molecule has 0 aliphatic heterocycles. The highest BCUT2D eigenvalue weighted by molar-refractivity contribution is 7.91. The van der Waals surface area contributed by atoms with Gasteiger partial charge in [0.1, 0.15) is 10.0 Å². The fraction of sp³-hybridized carbons (Fsp3) is 0.353. The van der Waals surface area contributed by atoms with Crippen molar-refractivity contribution >= 4 is 27.2 Å². The van der Waals surface area contributed by atoms with Crippen LogP contribution in [0.15, 0.2) is 34.5 Å². The molecule has 3 aromatic rings. The topological polar surface area (TPSA) is 102 Å². The van der Waals surface area contributed by atoms with Crippen molar-refractivity contribution in [2.75, 3.05) is 18.4 Å². The maximum absolute atomic E-state index is 12.2. The van der Waals surface area contributed by atoms with Crippen LogP contribution in [0.1, 0.15) is 23.2 Å². The molecule has 0 aliphatic rings. The molecule has 0 radical (unpaired) electrons. The van der Waals surface area contributed by atoms with Crippen molar-refractivity contribution in [3.8, 4) is 5.82 Å². The van der Waals surface area contributed by atoms with Crippen molar-refractivity contribution in [2.24, 2.45) is 0 Å². The molecule has 0 bridgehead atoms. The Balaban J connectivity index is 1.52. The summed E-state index contributed by atoms with van der Waals surface area (Å²) in [5, 5.41) is 15.7. The first-order valence-corrected chi connectivity index (χ1v) is 10.9. The second-order valence-corrected chi connectivity index (χ2v) is 9.18. The largest absolute Gasteiger partial charge is 0.367 e. The number of rotatable bonds is 8. The fourth-order valence-corrected chi connectivity index (χ4v) is 4.90. The van der Waals surface area contributed by atoms with Gasteiger partial charge in [0.25, 0.3) is 0 Å². The van der Waals surface area contributed by atoms with E-state index in [0.717, 1.165) is 22.7 Å². The van der Waals surface area contributed by atoms with Crippen LogP contribution in [0, 0.1) is 13.8 Å². The van der Waals surface area contributed by atoms with Gasteiger partial charge < -0.3 is 5.32 Å². The molecule has 3 aromatic heterocycles. The second-order valence-electron chi connectivity index (χ2n) is 6.01. The van der Waals surface area contributed by atoms with Crippen LogP contribution in [0.3, 0.4) is 0 Å². The summed E-state index contributed by atoms with van der Waals surface area (Å²) in [6.45, 7) is 6.53. The van der Waals surface area contributed by atoms with Crippen molar-refractivity contribution in [2.45, 2.75) is 31.4 Å². The van der Waals surface area contributed by atoms with Gasteiger partial charge in [0.2, 0.25) is 10.0 Å². The van der Waals surface area contributed by atoms with Crippen LogP contribution in [-0.4, -0.2) is 41.5 Å². The summed E-state index contributed by atoms with van der Waals surface area (Å²) < 4.78 is 29.1. The first-order valence-electron chi connectivity index (χ1n) is 8.58. The Kier molecular flexibility index (Phi) is 5.88. The molecule has 10 heteroatoms. The van der Waals surface area contributed by atoms with Gasteiger partial charge >= 0.3 is 0 Å². The summed E-state index contributed by atoms with van der Waals surface area (Å²) in [6, 6.07) is 9.06. The number of nitrogens with zero attached hydrogens (tertiary/aromatic N) is 4. The first kappa shape index (κ1) is 19.5. The van der Waals surface area contributed by atoms with E-state index in [1.165, 1.54) is 11.3 Å². The van der Waals surface area contributed by atoms with Crippen LogP contribution < -0.4 is 10.0 Å². The second kappa shape index (κ2) is 8.15. The van der Waals surface area contributed by atoms with Gasteiger partial charge in [-0.25, -0.2) is 17.8 Å². The van der Waals surface area contributed by atoms with Crippen LogP contribution in [-0.2, 0) is 16.4 Å².